The predicted octanol–water partition coefficient (Wildman–Crippen LogP) is 3.58. The average molecular weight is 439 g/mol. The van der Waals surface area contributed by atoms with E-state index >= 15 is 0 Å². The first-order valence-electron chi connectivity index (χ1n) is 11.5. The molecule has 0 unspecified atom stereocenters. The SMILES string of the molecule is CC(=O)N[C@H](C)c1ccc([C@@H](O)CN2CCC3(CC2)C[C@@H](O)c2cc(C)ccc2O3)cc1. The summed E-state index contributed by atoms with van der Waals surface area (Å²) in [5.74, 6) is 0.744. The van der Waals surface area contributed by atoms with Crippen molar-refractivity contribution in [1.29, 1.82) is 0 Å². The molecule has 2 aliphatic heterocycles. The molecule has 0 aliphatic carbocycles. The summed E-state index contributed by atoms with van der Waals surface area (Å²) in [7, 11) is 0. The van der Waals surface area contributed by atoms with E-state index in [4.69, 9.17) is 4.74 Å². The fourth-order valence-electron chi connectivity index (χ4n) is 4.95. The summed E-state index contributed by atoms with van der Waals surface area (Å²) in [5.41, 5.74) is 3.58. The minimum absolute atomic E-state index is 0.0578. The van der Waals surface area contributed by atoms with Crippen LogP contribution < -0.4 is 10.1 Å². The summed E-state index contributed by atoms with van der Waals surface area (Å²) >= 11 is 0. The van der Waals surface area contributed by atoms with Crippen LogP contribution in [0.3, 0.4) is 0 Å². The van der Waals surface area contributed by atoms with E-state index in [0.29, 0.717) is 13.0 Å². The van der Waals surface area contributed by atoms with Crippen molar-refractivity contribution in [2.75, 3.05) is 19.6 Å². The Morgan fingerprint density at radius 2 is 1.84 bits per heavy atom. The first kappa shape index (κ1) is 22.8. The quantitative estimate of drug-likeness (QED) is 0.665. The average Bonchev–Trinajstić information content (AvgIpc) is 2.76. The molecule has 0 aromatic heterocycles. The molecule has 0 radical (unpaired) electrons. The second-order valence-corrected chi connectivity index (χ2v) is 9.45. The lowest BCUT2D eigenvalue weighted by molar-refractivity contribution is -0.119. The highest BCUT2D eigenvalue weighted by atomic mass is 16.5. The van der Waals surface area contributed by atoms with Gasteiger partial charge < -0.3 is 25.2 Å². The molecule has 1 amide bonds. The smallest absolute Gasteiger partial charge is 0.217 e. The Hall–Kier alpha value is -2.41. The molecular weight excluding hydrogens is 404 g/mol. The Labute approximate surface area is 190 Å². The zero-order chi connectivity index (χ0) is 22.9. The highest BCUT2D eigenvalue weighted by Gasteiger charge is 2.43. The maximum atomic E-state index is 11.2. The second kappa shape index (κ2) is 9.22. The maximum absolute atomic E-state index is 11.2. The third-order valence-electron chi connectivity index (χ3n) is 6.86. The molecule has 4 rings (SSSR count). The van der Waals surface area contributed by atoms with Crippen molar-refractivity contribution >= 4 is 5.91 Å². The number of piperidine rings is 1. The van der Waals surface area contributed by atoms with Crippen LogP contribution in [0.5, 0.6) is 5.75 Å². The zero-order valence-electron chi connectivity index (χ0n) is 19.2. The molecule has 172 valence electrons. The number of nitrogens with zero attached hydrogens (tertiary/aromatic N) is 1. The summed E-state index contributed by atoms with van der Waals surface area (Å²) in [6.07, 6.45) is 1.22. The summed E-state index contributed by atoms with van der Waals surface area (Å²) in [4.78, 5) is 13.5. The van der Waals surface area contributed by atoms with Crippen molar-refractivity contribution in [1.82, 2.24) is 10.2 Å². The van der Waals surface area contributed by atoms with Gasteiger partial charge in [0.2, 0.25) is 5.91 Å². The summed E-state index contributed by atoms with van der Waals surface area (Å²) in [6.45, 7) is 7.69. The van der Waals surface area contributed by atoms with E-state index in [-0.39, 0.29) is 17.6 Å². The van der Waals surface area contributed by atoms with Crippen LogP contribution in [0.2, 0.25) is 0 Å². The molecule has 6 nitrogen and oxygen atoms in total. The minimum Gasteiger partial charge on any atom is -0.487 e. The van der Waals surface area contributed by atoms with Gasteiger partial charge in [-0.1, -0.05) is 35.9 Å². The first-order chi connectivity index (χ1) is 15.2. The fourth-order valence-corrected chi connectivity index (χ4v) is 4.95. The monoisotopic (exact) mass is 438 g/mol. The van der Waals surface area contributed by atoms with Gasteiger partial charge in [-0.3, -0.25) is 4.79 Å². The number of hydrogen-bond acceptors (Lipinski definition) is 5. The molecule has 3 N–H and O–H groups in total. The number of fused-ring (bicyclic) bond motifs is 1. The van der Waals surface area contributed by atoms with E-state index in [1.54, 1.807) is 0 Å². The number of nitrogens with one attached hydrogen (secondary N) is 1. The highest BCUT2D eigenvalue weighted by molar-refractivity contribution is 5.73. The van der Waals surface area contributed by atoms with Crippen LogP contribution >= 0.6 is 0 Å². The summed E-state index contributed by atoms with van der Waals surface area (Å²) in [5, 5.41) is 24.4. The Morgan fingerprint density at radius 1 is 1.19 bits per heavy atom. The number of aliphatic hydroxyl groups excluding tert-OH is 2. The molecule has 2 aromatic carbocycles. The van der Waals surface area contributed by atoms with Crippen LogP contribution in [0.1, 0.15) is 73.6 Å². The van der Waals surface area contributed by atoms with Crippen LogP contribution in [0.15, 0.2) is 42.5 Å². The lowest BCUT2D eigenvalue weighted by atomic mass is 9.81. The third kappa shape index (κ3) is 4.98. The molecule has 2 aliphatic rings. The number of amides is 1. The number of benzene rings is 2. The van der Waals surface area contributed by atoms with Crippen LogP contribution in [-0.4, -0.2) is 46.3 Å². The van der Waals surface area contributed by atoms with Gasteiger partial charge in [0.25, 0.3) is 0 Å². The van der Waals surface area contributed by atoms with E-state index in [1.165, 1.54) is 6.92 Å². The van der Waals surface area contributed by atoms with Crippen molar-refractivity contribution in [3.05, 3.63) is 64.7 Å². The maximum Gasteiger partial charge on any atom is 0.217 e. The Kier molecular flexibility index (Phi) is 6.56. The van der Waals surface area contributed by atoms with Gasteiger partial charge in [-0.2, -0.15) is 0 Å². The van der Waals surface area contributed by atoms with Gasteiger partial charge in [0.15, 0.2) is 0 Å². The molecule has 1 fully saturated rings. The number of hydrogen-bond donors (Lipinski definition) is 3. The predicted molar refractivity (Wildman–Crippen MR) is 123 cm³/mol. The second-order valence-electron chi connectivity index (χ2n) is 9.45. The lowest BCUT2D eigenvalue weighted by Gasteiger charge is -2.46. The van der Waals surface area contributed by atoms with Crippen LogP contribution in [0.4, 0.5) is 0 Å². The van der Waals surface area contributed by atoms with E-state index in [0.717, 1.165) is 53.9 Å². The van der Waals surface area contributed by atoms with Gasteiger partial charge in [-0.15, -0.1) is 0 Å². The van der Waals surface area contributed by atoms with Crippen LogP contribution in [-0.2, 0) is 4.79 Å². The summed E-state index contributed by atoms with van der Waals surface area (Å²) in [6, 6.07) is 13.7. The first-order valence-corrected chi connectivity index (χ1v) is 11.5. The van der Waals surface area contributed by atoms with Gasteiger partial charge in [-0.05, 0) is 49.9 Å². The van der Waals surface area contributed by atoms with E-state index in [2.05, 4.69) is 10.2 Å². The largest absolute Gasteiger partial charge is 0.487 e. The van der Waals surface area contributed by atoms with Crippen molar-refractivity contribution in [3.8, 4) is 5.75 Å². The van der Waals surface area contributed by atoms with Crippen molar-refractivity contribution < 1.29 is 19.7 Å². The highest BCUT2D eigenvalue weighted by Crippen LogP contribution is 2.44. The molecule has 0 bridgehead atoms. The number of aryl methyl sites for hydroxylation is 1. The molecule has 3 atom stereocenters. The standard InChI is InChI=1S/C26H34N2O4/c1-17-4-9-25-22(14-17)23(30)15-26(32-25)10-12-28(13-11-26)16-24(31)21-7-5-20(6-8-21)18(2)27-19(3)29/h4-9,14,18,23-24,30-31H,10-13,15-16H2,1-3H3,(H,27,29)/t18-,23-,24+/m1/s1. The molecule has 0 saturated carbocycles. The molecule has 1 saturated heterocycles. The number of β-amino-alcohol motifs (C(OH)–C–C–N with tert-alkyl or cyclic N) is 1. The number of carbonyl (C=O) groups is 1. The van der Waals surface area contributed by atoms with Crippen molar-refractivity contribution in [3.63, 3.8) is 0 Å². The van der Waals surface area contributed by atoms with Crippen LogP contribution in [0, 0.1) is 6.92 Å². The van der Waals surface area contributed by atoms with Crippen molar-refractivity contribution in [2.24, 2.45) is 0 Å². The number of aliphatic hydroxyl groups is 2. The molecule has 32 heavy (non-hydrogen) atoms. The van der Waals surface area contributed by atoms with Crippen LogP contribution in [0.25, 0.3) is 0 Å². The third-order valence-corrected chi connectivity index (χ3v) is 6.86. The zero-order valence-corrected chi connectivity index (χ0v) is 19.2. The Bertz CT molecular complexity index is 951. The number of ether oxygens (including phenoxy) is 1. The van der Waals surface area contributed by atoms with Gasteiger partial charge in [0.1, 0.15) is 11.4 Å². The number of carbonyl (C=O) groups excluding carboxylic acids is 1. The van der Waals surface area contributed by atoms with Gasteiger partial charge in [-0.25, -0.2) is 0 Å². The minimum atomic E-state index is -0.573. The molecule has 2 aromatic rings. The molecular formula is C26H34N2O4. The van der Waals surface area contributed by atoms with E-state index < -0.39 is 12.2 Å². The van der Waals surface area contributed by atoms with E-state index in [1.807, 2.05) is 56.3 Å². The van der Waals surface area contributed by atoms with Gasteiger partial charge in [0.05, 0.1) is 18.2 Å². The number of likely N-dealkylation sites (tertiary alicyclic amines) is 1. The van der Waals surface area contributed by atoms with Gasteiger partial charge in [0, 0.05) is 38.5 Å². The Morgan fingerprint density at radius 3 is 2.50 bits per heavy atom. The van der Waals surface area contributed by atoms with Crippen molar-refractivity contribution in [2.45, 2.75) is 63.9 Å². The molecule has 6 heteroatoms. The lowest BCUT2D eigenvalue weighted by Crippen LogP contribution is -2.51. The normalized spacial score (nSPS) is 22.0. The van der Waals surface area contributed by atoms with Gasteiger partial charge >= 0.3 is 0 Å². The Balaban J connectivity index is 1.33. The summed E-state index contributed by atoms with van der Waals surface area (Å²) < 4.78 is 6.41. The van der Waals surface area contributed by atoms with E-state index in [9.17, 15) is 15.0 Å². The molecule has 1 spiro atoms. The fraction of sp³-hybridized carbons (Fsp3) is 0.500. The molecule has 2 heterocycles. The number of rotatable bonds is 5. The topological polar surface area (TPSA) is 82.0 Å².